The first-order chi connectivity index (χ1) is 9.81. The summed E-state index contributed by atoms with van der Waals surface area (Å²) in [6, 6.07) is 1.77. The second-order valence-electron chi connectivity index (χ2n) is 4.01. The predicted molar refractivity (Wildman–Crippen MR) is 67.9 cm³/mol. The van der Waals surface area contributed by atoms with Crippen LogP contribution in [0.2, 0.25) is 0 Å². The summed E-state index contributed by atoms with van der Waals surface area (Å²) in [7, 11) is 1.21. The lowest BCUT2D eigenvalue weighted by Crippen LogP contribution is -2.42. The lowest BCUT2D eigenvalue weighted by Gasteiger charge is -2.23. The van der Waals surface area contributed by atoms with Gasteiger partial charge < -0.3 is 20.3 Å². The number of phenols is 1. The molecular weight excluding hydrogens is 286 g/mol. The first-order valence-electron chi connectivity index (χ1n) is 5.91. The largest absolute Gasteiger partial charge is 0.504 e. The van der Waals surface area contributed by atoms with Crippen LogP contribution < -0.4 is 10.5 Å². The number of carbonyl (C=O) groups excluding carboxylic acids is 1. The van der Waals surface area contributed by atoms with E-state index in [0.717, 1.165) is 6.07 Å². The van der Waals surface area contributed by atoms with E-state index < -0.39 is 29.2 Å². The van der Waals surface area contributed by atoms with E-state index in [9.17, 15) is 18.7 Å². The van der Waals surface area contributed by atoms with Gasteiger partial charge >= 0.3 is 11.9 Å². The summed E-state index contributed by atoms with van der Waals surface area (Å²) in [6.07, 6.45) is 0. The molecule has 6 nitrogen and oxygen atoms in total. The quantitative estimate of drug-likeness (QED) is 0.798. The van der Waals surface area contributed by atoms with Gasteiger partial charge in [-0.2, -0.15) is 14.0 Å². The van der Waals surface area contributed by atoms with Gasteiger partial charge in [-0.1, -0.05) is 0 Å². The molecule has 0 unspecified atom stereocenters. The van der Waals surface area contributed by atoms with Gasteiger partial charge in [-0.05, 0) is 19.1 Å². The van der Waals surface area contributed by atoms with Gasteiger partial charge in [0.1, 0.15) is 6.04 Å². The van der Waals surface area contributed by atoms with Crippen molar-refractivity contribution >= 4 is 5.97 Å². The van der Waals surface area contributed by atoms with Crippen molar-refractivity contribution in [2.24, 2.45) is 5.73 Å². The molecule has 1 atom stereocenters. The smallest absolute Gasteiger partial charge is 0.379 e. The molecule has 0 heterocycles. The van der Waals surface area contributed by atoms with Crippen molar-refractivity contribution in [3.63, 3.8) is 0 Å². The number of hydrogen-bond donors (Lipinski definition) is 2. The van der Waals surface area contributed by atoms with Crippen LogP contribution in [0, 0.1) is 11.3 Å². The fourth-order valence-electron chi connectivity index (χ4n) is 1.70. The molecule has 1 aromatic carbocycles. The average molecular weight is 300 g/mol. The number of methoxy groups -OCH3 is 1. The standard InChI is InChI=1S/C13H14F2N2O4/c1-3-21-12(19)13(14,15)11(17)9-7(6-16)4-5-8(20-2)10(9)18/h4-5,11,18H,3,17H2,1-2H3/t11-/m0/s1. The molecule has 0 aliphatic rings. The molecule has 3 N–H and O–H groups in total. The van der Waals surface area contributed by atoms with Crippen molar-refractivity contribution in [3.05, 3.63) is 23.3 Å². The summed E-state index contributed by atoms with van der Waals surface area (Å²) < 4.78 is 36.9. The molecule has 1 aromatic rings. The van der Waals surface area contributed by atoms with E-state index in [2.05, 4.69) is 4.74 Å². The molecule has 114 valence electrons. The normalized spacial score (nSPS) is 12.4. The zero-order valence-electron chi connectivity index (χ0n) is 11.4. The number of rotatable bonds is 5. The Morgan fingerprint density at radius 3 is 2.67 bits per heavy atom. The van der Waals surface area contributed by atoms with Crippen molar-refractivity contribution in [1.29, 1.82) is 5.26 Å². The molecule has 0 fully saturated rings. The third-order valence-corrected chi connectivity index (χ3v) is 2.77. The van der Waals surface area contributed by atoms with Crippen molar-refractivity contribution in [3.8, 4) is 17.6 Å². The number of nitrogens with zero attached hydrogens (tertiary/aromatic N) is 1. The van der Waals surface area contributed by atoms with E-state index in [1.54, 1.807) is 6.07 Å². The lowest BCUT2D eigenvalue weighted by atomic mass is 9.95. The van der Waals surface area contributed by atoms with E-state index >= 15 is 0 Å². The van der Waals surface area contributed by atoms with Gasteiger partial charge in [0, 0.05) is 5.56 Å². The van der Waals surface area contributed by atoms with Gasteiger partial charge in [-0.25, -0.2) is 4.79 Å². The third-order valence-electron chi connectivity index (χ3n) is 2.77. The number of nitrogens with two attached hydrogens (primary N) is 1. The number of aromatic hydroxyl groups is 1. The van der Waals surface area contributed by atoms with E-state index in [1.807, 2.05) is 0 Å². The molecule has 0 bridgehead atoms. The van der Waals surface area contributed by atoms with Crippen LogP contribution in [0.25, 0.3) is 0 Å². The molecule has 0 saturated heterocycles. The number of nitriles is 1. The predicted octanol–water partition coefficient (Wildman–Crippen LogP) is 1.47. The van der Waals surface area contributed by atoms with Crippen LogP contribution in [-0.2, 0) is 9.53 Å². The van der Waals surface area contributed by atoms with Crippen LogP contribution >= 0.6 is 0 Å². The molecule has 0 saturated carbocycles. The van der Waals surface area contributed by atoms with Gasteiger partial charge in [-0.3, -0.25) is 0 Å². The molecule has 0 amide bonds. The molecule has 0 aromatic heterocycles. The summed E-state index contributed by atoms with van der Waals surface area (Å²) in [4.78, 5) is 11.3. The second-order valence-corrected chi connectivity index (χ2v) is 4.01. The van der Waals surface area contributed by atoms with Gasteiger partial charge in [0.15, 0.2) is 11.5 Å². The summed E-state index contributed by atoms with van der Waals surface area (Å²) in [5.74, 6) is -6.79. The maximum atomic E-state index is 14.0. The van der Waals surface area contributed by atoms with Gasteiger partial charge in [0.05, 0.1) is 25.3 Å². The van der Waals surface area contributed by atoms with Gasteiger partial charge in [0.2, 0.25) is 0 Å². The number of phenolic OH excluding ortho intramolecular Hbond substituents is 1. The van der Waals surface area contributed by atoms with Crippen LogP contribution in [0.1, 0.15) is 24.1 Å². The molecule has 0 aliphatic heterocycles. The highest BCUT2D eigenvalue weighted by Crippen LogP contribution is 2.41. The van der Waals surface area contributed by atoms with Crippen LogP contribution in [0.3, 0.4) is 0 Å². The fraction of sp³-hybridized carbons (Fsp3) is 0.385. The fourth-order valence-corrected chi connectivity index (χ4v) is 1.70. The molecule has 1 rings (SSSR count). The number of ether oxygens (including phenoxy) is 2. The molecule has 8 heteroatoms. The highest BCUT2D eigenvalue weighted by Gasteiger charge is 2.49. The molecule has 0 spiro atoms. The summed E-state index contributed by atoms with van der Waals surface area (Å²) in [5.41, 5.74) is 4.53. The zero-order chi connectivity index (χ0) is 16.2. The monoisotopic (exact) mass is 300 g/mol. The first-order valence-corrected chi connectivity index (χ1v) is 5.91. The summed E-state index contributed by atoms with van der Waals surface area (Å²) >= 11 is 0. The Bertz CT molecular complexity index is 584. The number of alkyl halides is 2. The Hall–Kier alpha value is -2.40. The Morgan fingerprint density at radius 1 is 1.57 bits per heavy atom. The van der Waals surface area contributed by atoms with Crippen LogP contribution in [0.5, 0.6) is 11.5 Å². The summed E-state index contributed by atoms with van der Waals surface area (Å²) in [5, 5.41) is 18.8. The Kier molecular flexibility index (Phi) is 5.05. The Balaban J connectivity index is 3.38. The van der Waals surface area contributed by atoms with Crippen LogP contribution in [0.4, 0.5) is 8.78 Å². The maximum absolute atomic E-state index is 14.0. The first kappa shape index (κ1) is 16.7. The second kappa shape index (κ2) is 6.37. The van der Waals surface area contributed by atoms with Crippen molar-refractivity contribution in [2.75, 3.05) is 13.7 Å². The molecule has 21 heavy (non-hydrogen) atoms. The highest BCUT2D eigenvalue weighted by molar-refractivity contribution is 5.79. The molecule has 0 aliphatic carbocycles. The van der Waals surface area contributed by atoms with Crippen molar-refractivity contribution < 1.29 is 28.2 Å². The molecule has 0 radical (unpaired) electrons. The van der Waals surface area contributed by atoms with E-state index in [-0.39, 0.29) is 17.9 Å². The number of carbonyl (C=O) groups is 1. The van der Waals surface area contributed by atoms with E-state index in [1.165, 1.54) is 20.1 Å². The average Bonchev–Trinajstić information content (AvgIpc) is 2.46. The minimum atomic E-state index is -4.11. The Labute approximate surface area is 119 Å². The number of halogens is 2. The van der Waals surface area contributed by atoms with Crippen LogP contribution in [-0.4, -0.2) is 30.7 Å². The number of esters is 1. The SMILES string of the molecule is CCOC(=O)C(F)(F)[C@@H](N)c1c(C#N)ccc(OC)c1O. The number of hydrogen-bond acceptors (Lipinski definition) is 6. The van der Waals surface area contributed by atoms with Crippen molar-refractivity contribution in [1.82, 2.24) is 0 Å². The van der Waals surface area contributed by atoms with Gasteiger partial charge in [-0.15, -0.1) is 0 Å². The van der Waals surface area contributed by atoms with Crippen LogP contribution in [0.15, 0.2) is 12.1 Å². The number of benzene rings is 1. The zero-order valence-corrected chi connectivity index (χ0v) is 11.4. The molecular formula is C13H14F2N2O4. The van der Waals surface area contributed by atoms with Gasteiger partial charge in [0.25, 0.3) is 0 Å². The maximum Gasteiger partial charge on any atom is 0.379 e. The third kappa shape index (κ3) is 3.03. The Morgan fingerprint density at radius 2 is 2.19 bits per heavy atom. The van der Waals surface area contributed by atoms with Crippen molar-refractivity contribution in [2.45, 2.75) is 18.9 Å². The van der Waals surface area contributed by atoms with E-state index in [0.29, 0.717) is 0 Å². The topological polar surface area (TPSA) is 106 Å². The summed E-state index contributed by atoms with van der Waals surface area (Å²) in [6.45, 7) is 1.11. The lowest BCUT2D eigenvalue weighted by molar-refractivity contribution is -0.174. The minimum absolute atomic E-state index is 0.140. The van der Waals surface area contributed by atoms with E-state index in [4.69, 9.17) is 15.7 Å². The highest BCUT2D eigenvalue weighted by atomic mass is 19.3. The minimum Gasteiger partial charge on any atom is -0.504 e.